The molecule has 7 radical (unpaired) electrons. The van der Waals surface area contributed by atoms with E-state index in [2.05, 4.69) is 90.0 Å². The van der Waals surface area contributed by atoms with Gasteiger partial charge in [0.15, 0.2) is 0 Å². The van der Waals surface area contributed by atoms with Crippen molar-refractivity contribution in [3.05, 3.63) is 50.8 Å². The Morgan fingerprint density at radius 1 is 0.766 bits per heavy atom. The minimum Gasteiger partial charge on any atom is -0.845 e. The molecule has 47 heavy (non-hydrogen) atoms. The molecule has 1 heterocycles. The van der Waals surface area contributed by atoms with E-state index in [0.717, 1.165) is 0 Å². The number of hydrogen-bond acceptors (Lipinski definition) is 2. The molecule has 0 saturated carbocycles. The molecule has 0 N–H and O–H groups in total. The number of imidazole rings is 1. The van der Waals surface area contributed by atoms with Crippen LogP contribution in [0, 0.1) is 5.92 Å². The average Bonchev–Trinajstić information content (AvgIpc) is 3.24. The number of guanidine groups is 1. The molecule has 20 heteroatoms. The van der Waals surface area contributed by atoms with Gasteiger partial charge in [-0.25, -0.2) is 9.13 Å². The molecule has 0 aliphatic heterocycles. The Morgan fingerprint density at radius 3 is 1.23 bits per heavy atom. The molecule has 0 saturated heterocycles. The minimum atomic E-state index is -0.125. The Morgan fingerprint density at radius 2 is 1.15 bits per heavy atom. The summed E-state index contributed by atoms with van der Waals surface area (Å²) >= 11 is 0. The Kier molecular flexibility index (Phi) is 128. The van der Waals surface area contributed by atoms with Crippen molar-refractivity contribution in [1.82, 2.24) is 9.47 Å². The standard InChI is InChI=1S/C7H13N2.C5H10N3.C5H11N2.C5H10N2.C5H13N.10Ru/c1-7(2)9-5-4-8(3)6-9;1-4(2)8-5(6)7-3;1-5(2)7-4-6-3;1-4(2)5(6)7-3;1-5(2)6(3)4;;;;;;;;;;/h4-7H,1-3H3;4H,1-3H3;4-5H,1-3H3;4H,1-3H3;5H,1-4H3;;;;;;;;;;/q+1;-3;-1;-2;;;;;7*+1. The second-order valence-corrected chi connectivity index (χ2v) is 9.78. The van der Waals surface area contributed by atoms with Gasteiger partial charge in [-0.15, -0.1) is 26.5 Å². The fourth-order valence-corrected chi connectivity index (χ4v) is 1.52. The molecule has 0 aliphatic carbocycles. The number of amidine groups is 1. The zero-order valence-electron chi connectivity index (χ0n) is 30.2. The van der Waals surface area contributed by atoms with Gasteiger partial charge in [-0.1, -0.05) is 54.5 Å². The third-order valence-corrected chi connectivity index (χ3v) is 4.22. The molecular formula is C27H57N10Ru10+2. The first-order valence-corrected chi connectivity index (χ1v) is 12.8. The van der Waals surface area contributed by atoms with Crippen molar-refractivity contribution in [1.29, 1.82) is 0 Å². The van der Waals surface area contributed by atoms with Gasteiger partial charge < -0.3 is 53.8 Å². The van der Waals surface area contributed by atoms with Crippen molar-refractivity contribution in [2.75, 3.05) is 35.2 Å². The van der Waals surface area contributed by atoms with Gasteiger partial charge in [-0.3, -0.25) is 0 Å². The summed E-state index contributed by atoms with van der Waals surface area (Å²) in [5.41, 5.74) is 0. The fourth-order valence-electron chi connectivity index (χ4n) is 1.52. The molecule has 0 spiro atoms. The Labute approximate surface area is 418 Å². The van der Waals surface area contributed by atoms with E-state index in [9.17, 15) is 0 Å². The quantitative estimate of drug-likeness (QED) is 0.136. The average molecular weight is 1530 g/mol. The summed E-state index contributed by atoms with van der Waals surface area (Å²) in [6, 6.07) is 1.76. The Hall–Kier alpha value is 3.61. The van der Waals surface area contributed by atoms with Crippen molar-refractivity contribution < 1.29 is 199 Å². The molecule has 1 aromatic heterocycles. The third-order valence-electron chi connectivity index (χ3n) is 4.22. The van der Waals surface area contributed by atoms with Crippen LogP contribution in [0.25, 0.3) is 32.1 Å². The van der Waals surface area contributed by atoms with Gasteiger partial charge in [0, 0.05) is 64.5 Å². The van der Waals surface area contributed by atoms with Crippen LogP contribution in [0.5, 0.6) is 0 Å². The van der Waals surface area contributed by atoms with E-state index in [1.807, 2.05) is 59.4 Å². The Bertz CT molecular complexity index is 704. The maximum atomic E-state index is 8.69. The van der Waals surface area contributed by atoms with E-state index >= 15 is 0 Å². The molecule has 1 rings (SSSR count). The van der Waals surface area contributed by atoms with Crippen LogP contribution >= 0.6 is 0 Å². The van der Waals surface area contributed by atoms with E-state index in [0.29, 0.717) is 18.1 Å². The summed E-state index contributed by atoms with van der Waals surface area (Å²) in [5.74, 6) is 0.269. The van der Waals surface area contributed by atoms with Gasteiger partial charge in [-0.05, 0) is 47.8 Å². The molecule has 0 aliphatic rings. The third kappa shape index (κ3) is 83.9. The molecular weight excluding hydrogens is 1480 g/mol. The van der Waals surface area contributed by atoms with Gasteiger partial charge in [0.2, 0.25) is 6.33 Å². The molecule has 0 amide bonds. The largest absolute Gasteiger partial charge is 1.00 e. The zero-order chi connectivity index (χ0) is 30.1. The molecule has 10 nitrogen and oxygen atoms in total. The van der Waals surface area contributed by atoms with Crippen LogP contribution in [-0.2, 0) is 202 Å². The maximum absolute atomic E-state index is 8.69. The first-order chi connectivity index (χ1) is 17.0. The van der Waals surface area contributed by atoms with Gasteiger partial charge in [-0.2, -0.15) is 0 Å². The fraction of sp³-hybridized carbons (Fsp3) is 0.778. The summed E-state index contributed by atoms with van der Waals surface area (Å²) in [6.45, 7) is 20.2. The van der Waals surface area contributed by atoms with Crippen LogP contribution in [0.2, 0.25) is 0 Å². The summed E-state index contributed by atoms with van der Waals surface area (Å²) in [4.78, 5) is 5.85. The SMILES string of the molecule is CC(C)N(C)C.CC(C)n1cc[n+](C)c1.CN=C[N-]C(C)C.C[N-]C(=[N-])C(C)C.C[N-]C(=[N-])[N-]C(C)C.[Ru+].[Ru+].[Ru+].[Ru+].[Ru+].[Ru+].[Ru+].[Ru].[Ru].[Ru]. The van der Waals surface area contributed by atoms with Crippen LogP contribution in [0.15, 0.2) is 23.7 Å². The summed E-state index contributed by atoms with van der Waals surface area (Å²) in [6.07, 6.45) is 7.76. The van der Waals surface area contributed by atoms with E-state index in [1.54, 1.807) is 20.4 Å². The zero-order valence-corrected chi connectivity index (χ0v) is 47.6. The number of aromatic nitrogens is 2. The summed E-state index contributed by atoms with van der Waals surface area (Å²) in [5, 5.41) is 31.9. The van der Waals surface area contributed by atoms with Crippen molar-refractivity contribution in [2.24, 2.45) is 18.0 Å². The number of aryl methyl sites for hydroxylation is 1. The van der Waals surface area contributed by atoms with Crippen molar-refractivity contribution in [3.63, 3.8) is 0 Å². The molecule has 293 valence electrons. The van der Waals surface area contributed by atoms with Crippen molar-refractivity contribution in [2.45, 2.75) is 93.4 Å². The van der Waals surface area contributed by atoms with E-state index in [1.165, 1.54) is 7.05 Å². The van der Waals surface area contributed by atoms with Crippen LogP contribution < -0.4 is 4.57 Å². The van der Waals surface area contributed by atoms with Gasteiger partial charge in [0.1, 0.15) is 12.4 Å². The van der Waals surface area contributed by atoms with Crippen LogP contribution in [0.4, 0.5) is 0 Å². The van der Waals surface area contributed by atoms with Crippen LogP contribution in [0.1, 0.15) is 75.3 Å². The second kappa shape index (κ2) is 64.6. The monoisotopic (exact) mass is 1540 g/mol. The number of nitrogens with zero attached hydrogens (tertiary/aromatic N) is 10. The van der Waals surface area contributed by atoms with Crippen LogP contribution in [0.3, 0.4) is 0 Å². The Balaban J connectivity index is -0.0000000231. The van der Waals surface area contributed by atoms with E-state index in [-0.39, 0.29) is 219 Å². The minimum absolute atomic E-state index is 0. The molecule has 0 atom stereocenters. The van der Waals surface area contributed by atoms with Crippen LogP contribution in [-0.4, -0.2) is 81.0 Å². The number of rotatable bonds is 6. The number of aliphatic imine (C=N–C) groups is 1. The summed E-state index contributed by atoms with van der Waals surface area (Å²) in [7, 11) is 11.0. The normalized spacial score (nSPS) is 7.96. The van der Waals surface area contributed by atoms with Gasteiger partial charge >= 0.3 is 136 Å². The predicted molar refractivity (Wildman–Crippen MR) is 166 cm³/mol. The smallest absolute Gasteiger partial charge is 0.845 e. The topological polar surface area (TPSA) is 125 Å². The summed E-state index contributed by atoms with van der Waals surface area (Å²) < 4.78 is 4.21. The molecule has 1 aromatic rings. The second-order valence-electron chi connectivity index (χ2n) is 9.78. The van der Waals surface area contributed by atoms with E-state index < -0.39 is 0 Å². The maximum Gasteiger partial charge on any atom is 1.00 e. The van der Waals surface area contributed by atoms with Crippen molar-refractivity contribution in [3.8, 4) is 0 Å². The molecule has 0 unspecified atom stereocenters. The van der Waals surface area contributed by atoms with Gasteiger partial charge in [0.25, 0.3) is 0 Å². The molecule has 0 bridgehead atoms. The van der Waals surface area contributed by atoms with E-state index in [4.69, 9.17) is 10.8 Å². The van der Waals surface area contributed by atoms with Gasteiger partial charge in [0.05, 0.1) is 13.1 Å². The van der Waals surface area contributed by atoms with Crippen molar-refractivity contribution >= 4 is 18.1 Å². The molecule has 0 fully saturated rings. The first-order valence-electron chi connectivity index (χ1n) is 12.8. The first kappa shape index (κ1) is 92.9. The predicted octanol–water partition coefficient (Wildman–Crippen LogP) is 6.56. The molecule has 0 aromatic carbocycles. The number of hydrogen-bond donors (Lipinski definition) is 0.